The predicted molar refractivity (Wildman–Crippen MR) is 76.0 cm³/mol. The van der Waals surface area contributed by atoms with Gasteiger partial charge in [-0.15, -0.1) is 0 Å². The van der Waals surface area contributed by atoms with Crippen LogP contribution in [0.3, 0.4) is 0 Å². The molecule has 2 heterocycles. The fourth-order valence-electron chi connectivity index (χ4n) is 2.66. The average molecular weight is 272 g/mol. The van der Waals surface area contributed by atoms with Crippen molar-refractivity contribution in [3.63, 3.8) is 0 Å². The molecule has 5 nitrogen and oxygen atoms in total. The molecule has 1 saturated heterocycles. The van der Waals surface area contributed by atoms with E-state index in [0.29, 0.717) is 17.8 Å². The first-order valence-electron chi connectivity index (χ1n) is 6.54. The molecule has 3 rings (SSSR count). The minimum absolute atomic E-state index is 0.00534. The molecule has 104 valence electrons. The summed E-state index contributed by atoms with van der Waals surface area (Å²) in [6, 6.07) is 3.02. The number of nitrogens with zero attached hydrogens (tertiary/aromatic N) is 2. The zero-order valence-electron chi connectivity index (χ0n) is 11.5. The molecule has 0 aromatic heterocycles. The number of aromatic hydroxyl groups is 1. The summed E-state index contributed by atoms with van der Waals surface area (Å²) in [5.41, 5.74) is 2.20. The Kier molecular flexibility index (Phi) is 2.97. The minimum Gasteiger partial charge on any atom is -0.504 e. The number of methoxy groups -OCH3 is 1. The topological polar surface area (TPSA) is 62.1 Å². The minimum atomic E-state index is -0.0716. The quantitative estimate of drug-likeness (QED) is 0.798. The third-order valence-corrected chi connectivity index (χ3v) is 3.83. The van der Waals surface area contributed by atoms with Crippen LogP contribution >= 0.6 is 0 Å². The van der Waals surface area contributed by atoms with Crippen molar-refractivity contribution in [3.05, 3.63) is 29.3 Å². The first kappa shape index (κ1) is 12.7. The Hall–Kier alpha value is -2.30. The molecule has 5 heteroatoms. The third-order valence-electron chi connectivity index (χ3n) is 3.83. The molecule has 20 heavy (non-hydrogen) atoms. The lowest BCUT2D eigenvalue weighted by Gasteiger charge is -2.19. The van der Waals surface area contributed by atoms with E-state index in [0.717, 1.165) is 6.42 Å². The van der Waals surface area contributed by atoms with Crippen LogP contribution in [-0.2, 0) is 0 Å². The molecule has 1 aromatic rings. The number of hydrogen-bond donors (Lipinski definition) is 1. The molecular formula is C15H16N2O3. The van der Waals surface area contributed by atoms with Crippen LogP contribution in [0.4, 0.5) is 5.69 Å². The second-order valence-electron chi connectivity index (χ2n) is 4.97. The van der Waals surface area contributed by atoms with E-state index in [1.165, 1.54) is 18.7 Å². The van der Waals surface area contributed by atoms with Gasteiger partial charge in [0.15, 0.2) is 11.5 Å². The molecule has 2 aliphatic rings. The Bertz CT molecular complexity index is 634. The molecule has 1 aromatic carbocycles. The van der Waals surface area contributed by atoms with Gasteiger partial charge in [-0.2, -0.15) is 0 Å². The second kappa shape index (κ2) is 4.67. The standard InChI is InChI=1S/C15H16N2O3/c1-3-9-4-10-7-16-12-6-13(18)14(20-2)5-11(12)15(19)17(10)8-9/h3,5-7,10,18H,4,8H2,1-2H3/t10-/m0/s1. The van der Waals surface area contributed by atoms with Crippen LogP contribution in [0.2, 0.25) is 0 Å². The fourth-order valence-corrected chi connectivity index (χ4v) is 2.66. The van der Waals surface area contributed by atoms with E-state index in [2.05, 4.69) is 4.99 Å². The van der Waals surface area contributed by atoms with E-state index in [9.17, 15) is 9.90 Å². The number of rotatable bonds is 1. The van der Waals surface area contributed by atoms with Gasteiger partial charge in [0.25, 0.3) is 5.91 Å². The maximum Gasteiger partial charge on any atom is 0.257 e. The lowest BCUT2D eigenvalue weighted by molar-refractivity contribution is 0.0777. The van der Waals surface area contributed by atoms with Crippen molar-refractivity contribution in [1.82, 2.24) is 4.90 Å². The Morgan fingerprint density at radius 2 is 2.30 bits per heavy atom. The number of amides is 1. The summed E-state index contributed by atoms with van der Waals surface area (Å²) in [6.07, 6.45) is 4.66. The van der Waals surface area contributed by atoms with E-state index < -0.39 is 0 Å². The third kappa shape index (κ3) is 1.86. The summed E-state index contributed by atoms with van der Waals surface area (Å²) in [5.74, 6) is 0.209. The van der Waals surface area contributed by atoms with Crippen molar-refractivity contribution in [2.45, 2.75) is 19.4 Å². The first-order chi connectivity index (χ1) is 9.63. The summed E-state index contributed by atoms with van der Waals surface area (Å²) in [6.45, 7) is 2.62. The van der Waals surface area contributed by atoms with Crippen molar-refractivity contribution in [2.75, 3.05) is 13.7 Å². The Morgan fingerprint density at radius 3 is 3.00 bits per heavy atom. The number of carbonyl (C=O) groups excluding carboxylic acids is 1. The summed E-state index contributed by atoms with van der Waals surface area (Å²) in [7, 11) is 1.46. The maximum absolute atomic E-state index is 12.6. The number of carbonyl (C=O) groups is 1. The smallest absolute Gasteiger partial charge is 0.257 e. The van der Waals surface area contributed by atoms with Gasteiger partial charge in [-0.1, -0.05) is 11.6 Å². The predicted octanol–water partition coefficient (Wildman–Crippen LogP) is 2.28. The molecule has 0 spiro atoms. The van der Waals surface area contributed by atoms with Gasteiger partial charge in [-0.05, 0) is 19.4 Å². The van der Waals surface area contributed by atoms with E-state index in [1.54, 1.807) is 17.2 Å². The van der Waals surface area contributed by atoms with Crippen molar-refractivity contribution in [2.24, 2.45) is 4.99 Å². The molecule has 0 bridgehead atoms. The van der Waals surface area contributed by atoms with Crippen LogP contribution < -0.4 is 4.74 Å². The van der Waals surface area contributed by atoms with E-state index >= 15 is 0 Å². The van der Waals surface area contributed by atoms with Crippen LogP contribution in [0.15, 0.2) is 28.8 Å². The van der Waals surface area contributed by atoms with Gasteiger partial charge in [0.05, 0.1) is 24.4 Å². The zero-order chi connectivity index (χ0) is 14.3. The highest BCUT2D eigenvalue weighted by Crippen LogP contribution is 2.37. The van der Waals surface area contributed by atoms with Gasteiger partial charge in [0.2, 0.25) is 0 Å². The number of fused-ring (bicyclic) bond motifs is 2. The van der Waals surface area contributed by atoms with E-state index in [1.807, 2.05) is 13.0 Å². The van der Waals surface area contributed by atoms with Crippen LogP contribution in [0.1, 0.15) is 23.7 Å². The van der Waals surface area contributed by atoms with Crippen molar-refractivity contribution in [1.29, 1.82) is 0 Å². The number of phenols is 1. The van der Waals surface area contributed by atoms with Crippen LogP contribution in [0.25, 0.3) is 0 Å². The lowest BCUT2D eigenvalue weighted by atomic mass is 10.1. The van der Waals surface area contributed by atoms with Crippen LogP contribution in [0.5, 0.6) is 11.5 Å². The van der Waals surface area contributed by atoms with E-state index in [-0.39, 0.29) is 23.4 Å². The molecule has 1 atom stereocenters. The second-order valence-corrected chi connectivity index (χ2v) is 4.97. The van der Waals surface area contributed by atoms with Crippen molar-refractivity contribution in [3.8, 4) is 11.5 Å². The molecule has 1 N–H and O–H groups in total. The molecule has 2 aliphatic heterocycles. The SMILES string of the molecule is CC=C1C[C@H]2C=Nc3cc(O)c(OC)cc3C(=O)N2C1. The monoisotopic (exact) mass is 272 g/mol. The average Bonchev–Trinajstić information content (AvgIpc) is 2.83. The number of phenolic OH excluding ortho intramolecular Hbond substituents is 1. The molecule has 0 saturated carbocycles. The lowest BCUT2D eigenvalue weighted by Crippen LogP contribution is -2.35. The maximum atomic E-state index is 12.6. The molecular weight excluding hydrogens is 256 g/mol. The van der Waals surface area contributed by atoms with Crippen LogP contribution in [-0.4, -0.2) is 41.8 Å². The van der Waals surface area contributed by atoms with Gasteiger partial charge < -0.3 is 14.7 Å². The van der Waals surface area contributed by atoms with E-state index in [4.69, 9.17) is 4.74 Å². The molecule has 1 fully saturated rings. The molecule has 0 aliphatic carbocycles. The molecule has 0 radical (unpaired) electrons. The van der Waals surface area contributed by atoms with Gasteiger partial charge in [-0.3, -0.25) is 9.79 Å². The largest absolute Gasteiger partial charge is 0.504 e. The first-order valence-corrected chi connectivity index (χ1v) is 6.54. The van der Waals surface area contributed by atoms with Gasteiger partial charge >= 0.3 is 0 Å². The molecule has 1 amide bonds. The summed E-state index contributed by atoms with van der Waals surface area (Å²) in [5, 5.41) is 9.79. The Balaban J connectivity index is 2.07. The normalized spacial score (nSPS) is 22.7. The summed E-state index contributed by atoms with van der Waals surface area (Å²) >= 11 is 0. The van der Waals surface area contributed by atoms with Gasteiger partial charge in [-0.25, -0.2) is 0 Å². The van der Waals surface area contributed by atoms with Gasteiger partial charge in [0.1, 0.15) is 0 Å². The number of ether oxygens (including phenoxy) is 1. The Morgan fingerprint density at radius 1 is 1.50 bits per heavy atom. The highest BCUT2D eigenvalue weighted by atomic mass is 16.5. The summed E-state index contributed by atoms with van der Waals surface area (Å²) in [4.78, 5) is 18.8. The zero-order valence-corrected chi connectivity index (χ0v) is 11.5. The number of benzene rings is 1. The molecule has 0 unspecified atom stereocenters. The fraction of sp³-hybridized carbons (Fsp3) is 0.333. The highest BCUT2D eigenvalue weighted by Gasteiger charge is 2.34. The summed E-state index contributed by atoms with van der Waals surface area (Å²) < 4.78 is 5.07. The van der Waals surface area contributed by atoms with Crippen molar-refractivity contribution >= 4 is 17.8 Å². The van der Waals surface area contributed by atoms with Crippen LogP contribution in [0, 0.1) is 0 Å². The Labute approximate surface area is 117 Å². The number of aliphatic imine (C=N–C) groups is 1. The number of hydrogen-bond acceptors (Lipinski definition) is 4. The van der Waals surface area contributed by atoms with Gasteiger partial charge in [0, 0.05) is 18.8 Å². The number of allylic oxidation sites excluding steroid dienone is 1. The highest BCUT2D eigenvalue weighted by molar-refractivity contribution is 6.03. The van der Waals surface area contributed by atoms with Crippen molar-refractivity contribution < 1.29 is 14.6 Å².